The monoisotopic (exact) mass is 355 g/mol. The van der Waals surface area contributed by atoms with E-state index in [-0.39, 0.29) is 5.84 Å². The molecule has 0 aliphatic carbocycles. The van der Waals surface area contributed by atoms with E-state index in [1.165, 1.54) is 0 Å². The molecule has 20 heavy (non-hydrogen) atoms. The predicted octanol–water partition coefficient (Wildman–Crippen LogP) is 3.69. The van der Waals surface area contributed by atoms with Crippen LogP contribution in [0.4, 0.5) is 0 Å². The minimum absolute atomic E-state index is 0.0133. The Kier molecular flexibility index (Phi) is 4.46. The zero-order chi connectivity index (χ0) is 14.7. The number of hydrogen-bond acceptors (Lipinski definition) is 4. The zero-order valence-corrected chi connectivity index (χ0v) is 12.8. The van der Waals surface area contributed by atoms with Gasteiger partial charge >= 0.3 is 0 Å². The number of nitrogens with two attached hydrogens (primary N) is 1. The number of rotatable bonds is 3. The fourth-order valence-electron chi connectivity index (χ4n) is 1.56. The summed E-state index contributed by atoms with van der Waals surface area (Å²) in [5.41, 5.74) is 6.75. The zero-order valence-electron chi connectivity index (χ0n) is 10.5. The van der Waals surface area contributed by atoms with Gasteiger partial charge in [-0.25, -0.2) is 4.98 Å². The van der Waals surface area contributed by atoms with Crippen LogP contribution in [-0.4, -0.2) is 16.0 Å². The Hall–Kier alpha value is -1.79. The summed E-state index contributed by atoms with van der Waals surface area (Å²) in [6.45, 7) is 1.78. The maximum atomic E-state index is 8.71. The summed E-state index contributed by atoms with van der Waals surface area (Å²) in [5.74, 6) is 0.761. The van der Waals surface area contributed by atoms with Gasteiger partial charge in [-0.05, 0) is 31.2 Å². The average Bonchev–Trinajstić information content (AvgIpc) is 2.41. The molecule has 7 heteroatoms. The summed E-state index contributed by atoms with van der Waals surface area (Å²) >= 11 is 9.40. The van der Waals surface area contributed by atoms with Crippen molar-refractivity contribution in [3.63, 3.8) is 0 Å². The van der Waals surface area contributed by atoms with Gasteiger partial charge in [-0.2, -0.15) is 0 Å². The van der Waals surface area contributed by atoms with Crippen molar-refractivity contribution in [2.45, 2.75) is 6.92 Å². The van der Waals surface area contributed by atoms with Crippen molar-refractivity contribution in [2.75, 3.05) is 0 Å². The normalized spacial score (nSPS) is 11.4. The molecule has 0 aliphatic rings. The van der Waals surface area contributed by atoms with Crippen LogP contribution in [0.3, 0.4) is 0 Å². The highest BCUT2D eigenvalue weighted by Crippen LogP contribution is 2.31. The highest BCUT2D eigenvalue weighted by atomic mass is 79.9. The second-order valence-electron chi connectivity index (χ2n) is 4.00. The molecule has 1 aromatic heterocycles. The number of oxime groups is 1. The topological polar surface area (TPSA) is 80.7 Å². The van der Waals surface area contributed by atoms with Gasteiger partial charge in [0, 0.05) is 21.8 Å². The minimum Gasteiger partial charge on any atom is -0.437 e. The summed E-state index contributed by atoms with van der Waals surface area (Å²) < 4.78 is 6.48. The molecule has 0 aliphatic heterocycles. The Balaban J connectivity index is 2.38. The molecule has 0 saturated heterocycles. The summed E-state index contributed by atoms with van der Waals surface area (Å²) in [7, 11) is 0. The maximum absolute atomic E-state index is 8.71. The van der Waals surface area contributed by atoms with E-state index in [0.717, 1.165) is 4.47 Å². The lowest BCUT2D eigenvalue weighted by atomic mass is 10.2. The number of ether oxygens (including phenoxy) is 1. The van der Waals surface area contributed by atoms with E-state index < -0.39 is 0 Å². The fraction of sp³-hybridized carbons (Fsp3) is 0.0769. The molecule has 0 fully saturated rings. The Morgan fingerprint density at radius 2 is 2.15 bits per heavy atom. The van der Waals surface area contributed by atoms with Crippen molar-refractivity contribution in [3.05, 3.63) is 51.1 Å². The van der Waals surface area contributed by atoms with Crippen molar-refractivity contribution < 1.29 is 9.94 Å². The van der Waals surface area contributed by atoms with E-state index in [4.69, 9.17) is 27.3 Å². The van der Waals surface area contributed by atoms with Crippen molar-refractivity contribution in [1.82, 2.24) is 4.98 Å². The third-order valence-corrected chi connectivity index (χ3v) is 3.25. The van der Waals surface area contributed by atoms with Gasteiger partial charge in [0.05, 0.1) is 5.02 Å². The van der Waals surface area contributed by atoms with Gasteiger partial charge < -0.3 is 15.7 Å². The highest BCUT2D eigenvalue weighted by Gasteiger charge is 2.09. The molecule has 0 saturated carbocycles. The predicted molar refractivity (Wildman–Crippen MR) is 80.7 cm³/mol. The van der Waals surface area contributed by atoms with Crippen LogP contribution < -0.4 is 10.5 Å². The maximum Gasteiger partial charge on any atom is 0.220 e. The van der Waals surface area contributed by atoms with Crippen molar-refractivity contribution in [1.29, 1.82) is 0 Å². The van der Waals surface area contributed by atoms with E-state index in [2.05, 4.69) is 26.1 Å². The molecule has 0 bridgehead atoms. The van der Waals surface area contributed by atoms with E-state index >= 15 is 0 Å². The summed E-state index contributed by atoms with van der Waals surface area (Å²) in [6.07, 6.45) is 0. The number of pyridine rings is 1. The Morgan fingerprint density at radius 1 is 1.40 bits per heavy atom. The van der Waals surface area contributed by atoms with Crippen molar-refractivity contribution >= 4 is 33.4 Å². The molecular weight excluding hydrogens is 346 g/mol. The highest BCUT2D eigenvalue weighted by molar-refractivity contribution is 9.10. The van der Waals surface area contributed by atoms with Crippen LogP contribution in [0.25, 0.3) is 0 Å². The quantitative estimate of drug-likeness (QED) is 0.380. The molecule has 0 atom stereocenters. The van der Waals surface area contributed by atoms with E-state index in [1.54, 1.807) is 37.3 Å². The van der Waals surface area contributed by atoms with E-state index in [9.17, 15) is 0 Å². The van der Waals surface area contributed by atoms with E-state index in [1.807, 2.05) is 0 Å². The average molecular weight is 357 g/mol. The number of nitrogens with zero attached hydrogens (tertiary/aromatic N) is 2. The molecule has 0 amide bonds. The molecule has 0 unspecified atom stereocenters. The molecule has 104 valence electrons. The smallest absolute Gasteiger partial charge is 0.220 e. The van der Waals surface area contributed by atoms with Crippen LogP contribution in [0, 0.1) is 6.92 Å². The number of benzene rings is 1. The number of aryl methyl sites for hydroxylation is 1. The molecule has 5 nitrogen and oxygen atoms in total. The summed E-state index contributed by atoms with van der Waals surface area (Å²) in [4.78, 5) is 4.23. The van der Waals surface area contributed by atoms with Gasteiger partial charge in [-0.15, -0.1) is 0 Å². The minimum atomic E-state index is -0.0133. The molecule has 0 radical (unpaired) electrons. The van der Waals surface area contributed by atoms with E-state index in [0.29, 0.717) is 27.9 Å². The Bertz CT molecular complexity index is 677. The lowest BCUT2D eigenvalue weighted by Crippen LogP contribution is -2.13. The van der Waals surface area contributed by atoms with Crippen LogP contribution in [-0.2, 0) is 0 Å². The SMILES string of the molecule is Cc1cc(/C(N)=N/O)cc(Oc2cc(Br)ccc2Cl)n1. The summed E-state index contributed by atoms with van der Waals surface area (Å²) in [6, 6.07) is 8.50. The molecule has 0 spiro atoms. The van der Waals surface area contributed by atoms with Crippen LogP contribution in [0.15, 0.2) is 40.0 Å². The lowest BCUT2D eigenvalue weighted by molar-refractivity contribution is 0.318. The fourth-order valence-corrected chi connectivity index (χ4v) is 2.06. The van der Waals surface area contributed by atoms with Crippen molar-refractivity contribution in [2.24, 2.45) is 10.9 Å². The molecule has 3 N–H and O–H groups in total. The number of hydrogen-bond donors (Lipinski definition) is 2. The molecule has 2 aromatic rings. The van der Waals surface area contributed by atoms with Gasteiger partial charge in [-0.1, -0.05) is 32.7 Å². The number of amidine groups is 1. The first-order valence-corrected chi connectivity index (χ1v) is 6.76. The molecular formula is C13H11BrClN3O2. The van der Waals surface area contributed by atoms with Gasteiger partial charge in [0.1, 0.15) is 5.75 Å². The number of halogens is 2. The Labute approximate surface area is 129 Å². The second-order valence-corrected chi connectivity index (χ2v) is 5.32. The Morgan fingerprint density at radius 3 is 2.85 bits per heavy atom. The largest absolute Gasteiger partial charge is 0.437 e. The standard InChI is InChI=1S/C13H11BrClN3O2/c1-7-4-8(13(16)18-19)5-12(17-7)20-11-6-9(14)2-3-10(11)15/h2-6,19H,1H3,(H2,16,18). The first-order valence-electron chi connectivity index (χ1n) is 5.59. The van der Waals surface area contributed by atoms with Gasteiger partial charge in [0.15, 0.2) is 5.84 Å². The first kappa shape index (κ1) is 14.6. The number of aromatic nitrogens is 1. The molecule has 2 rings (SSSR count). The van der Waals surface area contributed by atoms with Crippen LogP contribution in [0.2, 0.25) is 5.02 Å². The van der Waals surface area contributed by atoms with Gasteiger partial charge in [-0.3, -0.25) is 0 Å². The first-order chi connectivity index (χ1) is 9.49. The molecule has 1 aromatic carbocycles. The van der Waals surface area contributed by atoms with Crippen LogP contribution >= 0.6 is 27.5 Å². The van der Waals surface area contributed by atoms with Gasteiger partial charge in [0.25, 0.3) is 0 Å². The molecule has 1 heterocycles. The van der Waals surface area contributed by atoms with Crippen LogP contribution in [0.5, 0.6) is 11.6 Å². The third kappa shape index (κ3) is 3.40. The van der Waals surface area contributed by atoms with Crippen LogP contribution in [0.1, 0.15) is 11.3 Å². The second kappa shape index (κ2) is 6.11. The van der Waals surface area contributed by atoms with Gasteiger partial charge in [0.2, 0.25) is 5.88 Å². The van der Waals surface area contributed by atoms with Crippen molar-refractivity contribution in [3.8, 4) is 11.6 Å². The lowest BCUT2D eigenvalue weighted by Gasteiger charge is -2.09. The summed E-state index contributed by atoms with van der Waals surface area (Å²) in [5, 5.41) is 12.1. The third-order valence-electron chi connectivity index (χ3n) is 2.44.